The van der Waals surface area contributed by atoms with Crippen molar-refractivity contribution in [2.45, 2.75) is 37.8 Å². The van der Waals surface area contributed by atoms with Crippen LogP contribution in [0.5, 0.6) is 0 Å². The molecule has 1 aliphatic heterocycles. The van der Waals surface area contributed by atoms with Crippen LogP contribution in [0.15, 0.2) is 42.5 Å². The summed E-state index contributed by atoms with van der Waals surface area (Å²) in [5.74, 6) is -0.364. The van der Waals surface area contributed by atoms with Gasteiger partial charge in [-0.3, -0.25) is 14.5 Å². The van der Waals surface area contributed by atoms with Gasteiger partial charge in [-0.05, 0) is 73.4 Å². The molecule has 0 bridgehead atoms. The van der Waals surface area contributed by atoms with Crippen molar-refractivity contribution in [2.75, 3.05) is 11.9 Å². The van der Waals surface area contributed by atoms with Crippen LogP contribution in [0.2, 0.25) is 15.1 Å². The number of halogens is 3. The van der Waals surface area contributed by atoms with Gasteiger partial charge < -0.3 is 10.2 Å². The van der Waals surface area contributed by atoms with E-state index in [0.29, 0.717) is 38.8 Å². The Hall–Kier alpha value is -1.86. The summed E-state index contributed by atoms with van der Waals surface area (Å²) >= 11 is 23.8. The van der Waals surface area contributed by atoms with Crippen molar-refractivity contribution >= 4 is 69.6 Å². The summed E-state index contributed by atoms with van der Waals surface area (Å²) in [6.07, 6.45) is 2.47. The molecule has 1 saturated heterocycles. The molecule has 1 heterocycles. The highest BCUT2D eigenvalue weighted by Crippen LogP contribution is 2.34. The maximum Gasteiger partial charge on any atom is 0.252 e. The Morgan fingerprint density at radius 3 is 2.39 bits per heavy atom. The minimum Gasteiger partial charge on any atom is -0.336 e. The first-order valence-corrected chi connectivity index (χ1v) is 11.5. The van der Waals surface area contributed by atoms with Crippen LogP contribution in [0.25, 0.3) is 0 Å². The number of thiocarbonyl (C=S) groups is 1. The molecule has 0 spiro atoms. The maximum atomic E-state index is 13.1. The Morgan fingerprint density at radius 1 is 1.06 bits per heavy atom. The van der Waals surface area contributed by atoms with Crippen molar-refractivity contribution in [1.82, 2.24) is 9.80 Å². The third-order valence-electron chi connectivity index (χ3n) is 5.41. The van der Waals surface area contributed by atoms with Gasteiger partial charge in [0.1, 0.15) is 6.04 Å². The Kier molecular flexibility index (Phi) is 6.72. The van der Waals surface area contributed by atoms with Gasteiger partial charge in [0.2, 0.25) is 5.91 Å². The van der Waals surface area contributed by atoms with E-state index in [1.807, 2.05) is 11.0 Å². The highest BCUT2D eigenvalue weighted by molar-refractivity contribution is 7.80. The van der Waals surface area contributed by atoms with Crippen LogP contribution in [0.1, 0.15) is 24.8 Å². The molecule has 31 heavy (non-hydrogen) atoms. The summed E-state index contributed by atoms with van der Waals surface area (Å²) in [5, 5.41) is 5.04. The second kappa shape index (κ2) is 9.33. The quantitative estimate of drug-likeness (QED) is 0.537. The molecule has 1 aliphatic carbocycles. The number of nitrogens with one attached hydrogen (secondary N) is 1. The molecule has 4 rings (SSSR count). The average molecular weight is 497 g/mol. The molecule has 162 valence electrons. The van der Waals surface area contributed by atoms with Crippen molar-refractivity contribution < 1.29 is 9.59 Å². The van der Waals surface area contributed by atoms with Gasteiger partial charge in [-0.2, -0.15) is 0 Å². The van der Waals surface area contributed by atoms with Crippen LogP contribution in [-0.4, -0.2) is 45.4 Å². The first-order chi connectivity index (χ1) is 14.8. The molecule has 0 aromatic heterocycles. The predicted molar refractivity (Wildman–Crippen MR) is 128 cm³/mol. The van der Waals surface area contributed by atoms with E-state index < -0.39 is 6.04 Å². The lowest BCUT2D eigenvalue weighted by atomic mass is 10.1. The summed E-state index contributed by atoms with van der Waals surface area (Å²) in [4.78, 5) is 29.3. The number of rotatable bonds is 7. The summed E-state index contributed by atoms with van der Waals surface area (Å²) in [5.41, 5.74) is 1.54. The van der Waals surface area contributed by atoms with E-state index >= 15 is 0 Å². The smallest absolute Gasteiger partial charge is 0.252 e. The summed E-state index contributed by atoms with van der Waals surface area (Å²) in [6, 6.07) is 11.7. The molecule has 2 aliphatic rings. The third kappa shape index (κ3) is 5.14. The van der Waals surface area contributed by atoms with Crippen molar-refractivity contribution in [1.29, 1.82) is 0 Å². The lowest BCUT2D eigenvalue weighted by molar-refractivity contribution is -0.131. The van der Waals surface area contributed by atoms with E-state index in [1.165, 1.54) is 0 Å². The van der Waals surface area contributed by atoms with Gasteiger partial charge in [0.15, 0.2) is 5.11 Å². The fraction of sp³-hybridized carbons (Fsp3) is 0.318. The lowest BCUT2D eigenvalue weighted by Gasteiger charge is -2.24. The van der Waals surface area contributed by atoms with E-state index in [9.17, 15) is 9.59 Å². The molecule has 1 N–H and O–H groups in total. The van der Waals surface area contributed by atoms with E-state index in [1.54, 1.807) is 41.3 Å². The van der Waals surface area contributed by atoms with Gasteiger partial charge in [0.25, 0.3) is 5.91 Å². The Morgan fingerprint density at radius 2 is 1.74 bits per heavy atom. The van der Waals surface area contributed by atoms with Crippen LogP contribution in [0, 0.1) is 0 Å². The van der Waals surface area contributed by atoms with Crippen LogP contribution in [-0.2, 0) is 16.0 Å². The molecule has 2 aromatic carbocycles. The normalized spacial score (nSPS) is 18.6. The van der Waals surface area contributed by atoms with E-state index in [4.69, 9.17) is 47.0 Å². The van der Waals surface area contributed by atoms with Gasteiger partial charge in [0.05, 0.1) is 6.42 Å². The molecular formula is C22H20Cl3N3O2S. The molecule has 1 saturated carbocycles. The Balaban J connectivity index is 1.48. The molecule has 9 heteroatoms. The molecule has 2 aromatic rings. The number of carbonyl (C=O) groups is 2. The largest absolute Gasteiger partial charge is 0.336 e. The second-order valence-corrected chi connectivity index (χ2v) is 9.32. The van der Waals surface area contributed by atoms with Crippen molar-refractivity contribution in [3.05, 3.63) is 63.1 Å². The number of hydrogen-bond acceptors (Lipinski definition) is 3. The van der Waals surface area contributed by atoms with Crippen LogP contribution in [0.4, 0.5) is 5.69 Å². The maximum absolute atomic E-state index is 13.1. The molecule has 0 radical (unpaired) electrons. The monoisotopic (exact) mass is 495 g/mol. The van der Waals surface area contributed by atoms with E-state index in [2.05, 4.69) is 5.32 Å². The van der Waals surface area contributed by atoms with Gasteiger partial charge in [0, 0.05) is 33.3 Å². The first-order valence-electron chi connectivity index (χ1n) is 9.96. The van der Waals surface area contributed by atoms with Gasteiger partial charge in [-0.25, -0.2) is 0 Å². The topological polar surface area (TPSA) is 52.7 Å². The zero-order valence-corrected chi connectivity index (χ0v) is 19.6. The summed E-state index contributed by atoms with van der Waals surface area (Å²) in [6.45, 7) is 0.480. The van der Waals surface area contributed by atoms with Crippen molar-refractivity contribution in [3.8, 4) is 0 Å². The Labute approximate surface area is 201 Å². The minimum absolute atomic E-state index is 0.0131. The number of amides is 2. The van der Waals surface area contributed by atoms with E-state index in [-0.39, 0.29) is 24.3 Å². The van der Waals surface area contributed by atoms with Gasteiger partial charge >= 0.3 is 0 Å². The fourth-order valence-electron chi connectivity index (χ4n) is 3.66. The van der Waals surface area contributed by atoms with Gasteiger partial charge in [-0.1, -0.05) is 40.9 Å². The predicted octanol–water partition coefficient (Wildman–Crippen LogP) is 5.18. The summed E-state index contributed by atoms with van der Waals surface area (Å²) < 4.78 is 0. The first kappa shape index (κ1) is 22.3. The average Bonchev–Trinajstić information content (AvgIpc) is 3.52. The zero-order chi connectivity index (χ0) is 22.1. The molecule has 0 unspecified atom stereocenters. The lowest BCUT2D eigenvalue weighted by Crippen LogP contribution is -2.39. The Bertz CT molecular complexity index is 1030. The molecule has 1 atom stereocenters. The van der Waals surface area contributed by atoms with Crippen molar-refractivity contribution in [3.63, 3.8) is 0 Å². The van der Waals surface area contributed by atoms with Crippen molar-refractivity contribution in [2.24, 2.45) is 0 Å². The standard InChI is InChI=1S/C22H20Cl3N3O2S/c23-14-3-5-16(6-4-14)26-20(29)12-19-21(30)28(17-7-8-17)22(31)27(19)10-9-13-1-2-15(24)11-18(13)25/h1-6,11,17,19H,7-10,12H2,(H,26,29)/t19-/m0/s1. The molecule has 2 fully saturated rings. The number of carbonyl (C=O) groups excluding carboxylic acids is 2. The number of hydrogen-bond donors (Lipinski definition) is 1. The van der Waals surface area contributed by atoms with Crippen LogP contribution in [0.3, 0.4) is 0 Å². The second-order valence-electron chi connectivity index (χ2n) is 7.68. The fourth-order valence-corrected chi connectivity index (χ4v) is 4.75. The van der Waals surface area contributed by atoms with E-state index in [0.717, 1.165) is 18.4 Å². The summed E-state index contributed by atoms with van der Waals surface area (Å²) in [7, 11) is 0. The number of anilines is 1. The van der Waals surface area contributed by atoms with Gasteiger partial charge in [-0.15, -0.1) is 0 Å². The SMILES string of the molecule is O=C(C[C@H]1C(=O)N(C2CC2)C(=S)N1CCc1ccc(Cl)cc1Cl)Nc1ccc(Cl)cc1. The number of benzene rings is 2. The highest BCUT2D eigenvalue weighted by Gasteiger charge is 2.48. The number of nitrogens with zero attached hydrogens (tertiary/aromatic N) is 2. The highest BCUT2D eigenvalue weighted by atomic mass is 35.5. The molecule has 2 amide bonds. The third-order valence-corrected chi connectivity index (χ3v) is 6.68. The minimum atomic E-state index is -0.633. The zero-order valence-electron chi connectivity index (χ0n) is 16.5. The molecular weight excluding hydrogens is 477 g/mol. The van der Waals surface area contributed by atoms with Crippen LogP contribution >= 0.6 is 47.0 Å². The molecule has 5 nitrogen and oxygen atoms in total. The van der Waals surface area contributed by atoms with Crippen LogP contribution < -0.4 is 5.32 Å².